The first kappa shape index (κ1) is 27.8. The minimum atomic E-state index is -0.0384. The van der Waals surface area contributed by atoms with E-state index >= 15 is 0 Å². The molecule has 1 fully saturated rings. The van der Waals surface area contributed by atoms with Gasteiger partial charge in [0, 0.05) is 43.0 Å². The number of thioether (sulfide) groups is 1. The van der Waals surface area contributed by atoms with Crippen LogP contribution >= 0.6 is 46.3 Å². The van der Waals surface area contributed by atoms with Gasteiger partial charge in [-0.2, -0.15) is 0 Å². The Labute approximate surface area is 256 Å². The third-order valence-electron chi connectivity index (χ3n) is 6.83. The van der Waals surface area contributed by atoms with Crippen molar-refractivity contribution in [2.45, 2.75) is 17.3 Å². The number of rotatable bonds is 8. The maximum atomic E-state index is 13.2. The Morgan fingerprint density at radius 3 is 2.46 bits per heavy atom. The van der Waals surface area contributed by atoms with E-state index in [1.165, 1.54) is 11.3 Å². The van der Waals surface area contributed by atoms with Gasteiger partial charge in [0.25, 0.3) is 5.91 Å². The second-order valence-electron chi connectivity index (χ2n) is 9.52. The molecule has 6 rings (SSSR count). The van der Waals surface area contributed by atoms with Crippen molar-refractivity contribution in [1.29, 1.82) is 0 Å². The number of nitrogens with zero attached hydrogens (tertiary/aromatic N) is 6. The van der Waals surface area contributed by atoms with E-state index in [0.29, 0.717) is 36.0 Å². The Balaban J connectivity index is 1.13. The Bertz CT molecular complexity index is 1650. The summed E-state index contributed by atoms with van der Waals surface area (Å²) in [4.78, 5) is 22.0. The zero-order valence-corrected chi connectivity index (χ0v) is 25.1. The molecule has 3 heterocycles. The normalized spacial score (nSPS) is 13.5. The van der Waals surface area contributed by atoms with E-state index in [9.17, 15) is 4.79 Å². The SMILES string of the molecule is O=C(c1csc(CSc2nnc(Cc3ccccc3)n2-c2cccc(Cl)c2)n1)N1CCN(c2ccccc2Cl)CC1. The molecule has 41 heavy (non-hydrogen) atoms. The summed E-state index contributed by atoms with van der Waals surface area (Å²) in [5.41, 5.74) is 3.54. The van der Waals surface area contributed by atoms with Gasteiger partial charge in [-0.15, -0.1) is 21.5 Å². The fourth-order valence-electron chi connectivity index (χ4n) is 4.78. The first-order chi connectivity index (χ1) is 20.0. The molecule has 1 aliphatic rings. The Morgan fingerprint density at radius 2 is 1.68 bits per heavy atom. The number of thiazole rings is 1. The van der Waals surface area contributed by atoms with Gasteiger partial charge in [-0.1, -0.05) is 83.5 Å². The molecule has 2 aromatic heterocycles. The summed E-state index contributed by atoms with van der Waals surface area (Å²) in [5, 5.41) is 13.9. The highest BCUT2D eigenvalue weighted by atomic mass is 35.5. The number of hydrogen-bond acceptors (Lipinski definition) is 7. The Kier molecular flexibility index (Phi) is 8.57. The number of aromatic nitrogens is 4. The lowest BCUT2D eigenvalue weighted by atomic mass is 10.1. The van der Waals surface area contributed by atoms with Crippen molar-refractivity contribution < 1.29 is 4.79 Å². The largest absolute Gasteiger partial charge is 0.367 e. The van der Waals surface area contributed by atoms with Gasteiger partial charge in [-0.3, -0.25) is 9.36 Å². The zero-order valence-electron chi connectivity index (χ0n) is 22.0. The first-order valence-corrected chi connectivity index (χ1v) is 15.8. The molecule has 0 saturated carbocycles. The average molecular weight is 622 g/mol. The second-order valence-corrected chi connectivity index (χ2v) is 12.3. The van der Waals surface area contributed by atoms with Crippen molar-refractivity contribution in [3.63, 3.8) is 0 Å². The Morgan fingerprint density at radius 1 is 0.902 bits per heavy atom. The molecular formula is C30H26Cl2N6OS2. The second kappa shape index (κ2) is 12.7. The van der Waals surface area contributed by atoms with Crippen LogP contribution in [0.15, 0.2) is 89.4 Å². The van der Waals surface area contributed by atoms with Crippen LogP contribution in [0.2, 0.25) is 10.0 Å². The van der Waals surface area contributed by atoms with Crippen LogP contribution in [0.25, 0.3) is 5.69 Å². The van der Waals surface area contributed by atoms with Crippen LogP contribution in [-0.2, 0) is 12.2 Å². The highest BCUT2D eigenvalue weighted by Gasteiger charge is 2.25. The van der Waals surface area contributed by atoms with Gasteiger partial charge in [0.05, 0.1) is 22.2 Å². The van der Waals surface area contributed by atoms with E-state index in [0.717, 1.165) is 51.0 Å². The summed E-state index contributed by atoms with van der Waals surface area (Å²) < 4.78 is 2.04. The first-order valence-electron chi connectivity index (χ1n) is 13.2. The molecule has 0 N–H and O–H groups in total. The van der Waals surface area contributed by atoms with Crippen LogP contribution in [0.4, 0.5) is 5.69 Å². The molecule has 1 aliphatic heterocycles. The number of halogens is 2. The molecule has 7 nitrogen and oxygen atoms in total. The van der Waals surface area contributed by atoms with Gasteiger partial charge in [0.1, 0.15) is 16.5 Å². The van der Waals surface area contributed by atoms with Crippen LogP contribution in [0.5, 0.6) is 0 Å². The molecular weight excluding hydrogens is 595 g/mol. The van der Waals surface area contributed by atoms with Gasteiger partial charge in [-0.05, 0) is 35.9 Å². The van der Waals surface area contributed by atoms with Crippen molar-refractivity contribution in [2.75, 3.05) is 31.1 Å². The van der Waals surface area contributed by atoms with E-state index in [4.69, 9.17) is 23.2 Å². The number of piperazine rings is 1. The quantitative estimate of drug-likeness (QED) is 0.176. The lowest BCUT2D eigenvalue weighted by Gasteiger charge is -2.36. The maximum absolute atomic E-state index is 13.2. The van der Waals surface area contributed by atoms with Crippen molar-refractivity contribution in [2.24, 2.45) is 0 Å². The smallest absolute Gasteiger partial charge is 0.273 e. The third kappa shape index (κ3) is 6.43. The average Bonchev–Trinajstić information content (AvgIpc) is 3.64. The van der Waals surface area contributed by atoms with Crippen LogP contribution in [0.3, 0.4) is 0 Å². The van der Waals surface area contributed by atoms with Crippen molar-refractivity contribution in [3.8, 4) is 5.69 Å². The summed E-state index contributed by atoms with van der Waals surface area (Å²) in [6.07, 6.45) is 0.639. The third-order valence-corrected chi connectivity index (χ3v) is 9.35. The molecule has 0 aliphatic carbocycles. The Hall–Kier alpha value is -3.37. The predicted molar refractivity (Wildman–Crippen MR) is 167 cm³/mol. The molecule has 0 radical (unpaired) electrons. The van der Waals surface area contributed by atoms with Gasteiger partial charge in [-0.25, -0.2) is 4.98 Å². The number of amides is 1. The van der Waals surface area contributed by atoms with Crippen molar-refractivity contribution in [3.05, 3.63) is 116 Å². The predicted octanol–water partition coefficient (Wildman–Crippen LogP) is 6.88. The summed E-state index contributed by atoms with van der Waals surface area (Å²) in [7, 11) is 0. The molecule has 208 valence electrons. The fraction of sp³-hybridized carbons (Fsp3) is 0.200. The molecule has 0 spiro atoms. The standard InChI is InChI=1S/C30H26Cl2N6OS2/c31-22-9-6-10-23(18-22)38-27(17-21-7-2-1-3-8-21)34-35-30(38)41-20-28-33-25(19-40-28)29(39)37-15-13-36(14-16-37)26-12-5-4-11-24(26)32/h1-12,18-19H,13-17,20H2. The molecule has 11 heteroatoms. The van der Waals surface area contributed by atoms with Crippen LogP contribution in [0, 0.1) is 0 Å². The summed E-state index contributed by atoms with van der Waals surface area (Å²) in [6, 6.07) is 25.7. The molecule has 5 aromatic rings. The van der Waals surface area contributed by atoms with Crippen molar-refractivity contribution >= 4 is 57.9 Å². The number of para-hydroxylation sites is 1. The molecule has 1 amide bonds. The fourth-order valence-corrected chi connectivity index (χ4v) is 6.98. The van der Waals surface area contributed by atoms with Gasteiger partial charge >= 0.3 is 0 Å². The monoisotopic (exact) mass is 620 g/mol. The van der Waals surface area contributed by atoms with Crippen LogP contribution in [0.1, 0.15) is 26.9 Å². The number of anilines is 1. The van der Waals surface area contributed by atoms with Gasteiger partial charge < -0.3 is 9.80 Å². The van der Waals surface area contributed by atoms with Crippen LogP contribution in [-0.4, -0.2) is 56.7 Å². The lowest BCUT2D eigenvalue weighted by Crippen LogP contribution is -2.49. The molecule has 0 bridgehead atoms. The highest BCUT2D eigenvalue weighted by molar-refractivity contribution is 7.98. The number of benzene rings is 3. The minimum Gasteiger partial charge on any atom is -0.367 e. The van der Waals surface area contributed by atoms with Gasteiger partial charge in [0.15, 0.2) is 5.16 Å². The minimum absolute atomic E-state index is 0.0384. The highest BCUT2D eigenvalue weighted by Crippen LogP contribution is 2.29. The molecule has 0 atom stereocenters. The lowest BCUT2D eigenvalue weighted by molar-refractivity contribution is 0.0741. The maximum Gasteiger partial charge on any atom is 0.273 e. The van der Waals surface area contributed by atoms with E-state index in [-0.39, 0.29) is 5.91 Å². The summed E-state index contributed by atoms with van der Waals surface area (Å²) in [5.74, 6) is 1.36. The number of carbonyl (C=O) groups is 1. The molecule has 3 aromatic carbocycles. The van der Waals surface area contributed by atoms with Gasteiger partial charge in [0.2, 0.25) is 0 Å². The number of carbonyl (C=O) groups excluding carboxylic acids is 1. The summed E-state index contributed by atoms with van der Waals surface area (Å²) >= 11 is 15.7. The van der Waals surface area contributed by atoms with E-state index < -0.39 is 0 Å². The van der Waals surface area contributed by atoms with Crippen molar-refractivity contribution in [1.82, 2.24) is 24.6 Å². The zero-order chi connectivity index (χ0) is 28.2. The molecule has 1 saturated heterocycles. The van der Waals surface area contributed by atoms with E-state index in [1.807, 2.05) is 81.6 Å². The molecule has 0 unspecified atom stereocenters. The van der Waals surface area contributed by atoms with Crippen LogP contribution < -0.4 is 4.90 Å². The van der Waals surface area contributed by atoms with E-state index in [2.05, 4.69) is 32.2 Å². The van der Waals surface area contributed by atoms with E-state index in [1.54, 1.807) is 11.8 Å². The topological polar surface area (TPSA) is 67.2 Å². The summed E-state index contributed by atoms with van der Waals surface area (Å²) in [6.45, 7) is 2.71. The number of hydrogen-bond donors (Lipinski definition) is 0.